The molecule has 0 aliphatic carbocycles. The van der Waals surface area contributed by atoms with Crippen LogP contribution in [-0.4, -0.2) is 34.5 Å². The van der Waals surface area contributed by atoms with Crippen molar-refractivity contribution >= 4 is 11.9 Å². The van der Waals surface area contributed by atoms with Crippen molar-refractivity contribution in [2.24, 2.45) is 5.92 Å². The monoisotopic (exact) mass is 257 g/mol. The summed E-state index contributed by atoms with van der Waals surface area (Å²) in [7, 11) is 0. The van der Waals surface area contributed by atoms with Crippen LogP contribution in [0.5, 0.6) is 0 Å². The zero-order chi connectivity index (χ0) is 13.8. The molecule has 0 saturated carbocycles. The number of aliphatic carboxylic acids is 1. The second-order valence-electron chi connectivity index (χ2n) is 4.66. The summed E-state index contributed by atoms with van der Waals surface area (Å²) in [4.78, 5) is 24.5. The standard InChI is InChI=1S/C15H15NO3/c1-11-9-10-16(14(11)15(18)19)13(17)8-7-12-5-3-2-4-6-12/h2-6,11,14H,9-10H2,1H3,(H,18,19). The molecule has 1 aromatic carbocycles. The lowest BCUT2D eigenvalue weighted by Gasteiger charge is -2.20. The first-order valence-corrected chi connectivity index (χ1v) is 6.20. The first-order valence-electron chi connectivity index (χ1n) is 6.20. The summed E-state index contributed by atoms with van der Waals surface area (Å²) in [5, 5.41) is 9.15. The molecular weight excluding hydrogens is 242 g/mol. The lowest BCUT2D eigenvalue weighted by Crippen LogP contribution is -2.42. The molecule has 0 radical (unpaired) electrons. The molecule has 98 valence electrons. The molecule has 1 aliphatic heterocycles. The largest absolute Gasteiger partial charge is 0.480 e. The average molecular weight is 257 g/mol. The highest BCUT2D eigenvalue weighted by molar-refractivity contribution is 5.97. The van der Waals surface area contributed by atoms with Gasteiger partial charge < -0.3 is 10.0 Å². The van der Waals surface area contributed by atoms with Crippen LogP contribution in [0.25, 0.3) is 0 Å². The minimum atomic E-state index is -0.958. The summed E-state index contributed by atoms with van der Waals surface area (Å²) in [6, 6.07) is 8.41. The van der Waals surface area contributed by atoms with Crippen molar-refractivity contribution in [1.29, 1.82) is 0 Å². The fraction of sp³-hybridized carbons (Fsp3) is 0.333. The van der Waals surface area contributed by atoms with E-state index in [2.05, 4.69) is 11.8 Å². The third-order valence-corrected chi connectivity index (χ3v) is 3.30. The van der Waals surface area contributed by atoms with Crippen molar-refractivity contribution < 1.29 is 14.7 Å². The number of rotatable bonds is 1. The van der Waals surface area contributed by atoms with Crippen molar-refractivity contribution in [3.05, 3.63) is 35.9 Å². The normalized spacial score (nSPS) is 21.6. The lowest BCUT2D eigenvalue weighted by molar-refractivity contribution is -0.147. The third-order valence-electron chi connectivity index (χ3n) is 3.30. The molecular formula is C15H15NO3. The Morgan fingerprint density at radius 2 is 2.00 bits per heavy atom. The van der Waals surface area contributed by atoms with Gasteiger partial charge >= 0.3 is 5.97 Å². The second kappa shape index (κ2) is 5.57. The molecule has 2 rings (SSSR count). The van der Waals surface area contributed by atoms with Crippen molar-refractivity contribution in [2.45, 2.75) is 19.4 Å². The molecule has 1 saturated heterocycles. The fourth-order valence-electron chi connectivity index (χ4n) is 2.27. The van der Waals surface area contributed by atoms with Crippen LogP contribution in [0, 0.1) is 17.8 Å². The van der Waals surface area contributed by atoms with Crippen LogP contribution in [0.2, 0.25) is 0 Å². The van der Waals surface area contributed by atoms with E-state index in [9.17, 15) is 9.59 Å². The van der Waals surface area contributed by atoms with Crippen LogP contribution in [0.1, 0.15) is 18.9 Å². The Labute approximate surface area is 112 Å². The number of carboxylic acids is 1. The number of carboxylic acid groups (broad SMARTS) is 1. The van der Waals surface area contributed by atoms with Crippen LogP contribution in [0.4, 0.5) is 0 Å². The van der Waals surface area contributed by atoms with Gasteiger partial charge in [0.05, 0.1) is 0 Å². The maximum absolute atomic E-state index is 12.0. The van der Waals surface area contributed by atoms with Gasteiger partial charge in [-0.3, -0.25) is 4.79 Å². The number of amides is 1. The zero-order valence-corrected chi connectivity index (χ0v) is 10.7. The van der Waals surface area contributed by atoms with Gasteiger partial charge in [-0.1, -0.05) is 31.0 Å². The van der Waals surface area contributed by atoms with Gasteiger partial charge in [-0.15, -0.1) is 0 Å². The summed E-state index contributed by atoms with van der Waals surface area (Å²) < 4.78 is 0. The van der Waals surface area contributed by atoms with Gasteiger partial charge in [0.2, 0.25) is 0 Å². The van der Waals surface area contributed by atoms with Crippen molar-refractivity contribution in [3.8, 4) is 11.8 Å². The minimum absolute atomic E-state index is 0.0278. The molecule has 1 heterocycles. The van der Waals surface area contributed by atoms with E-state index < -0.39 is 17.9 Å². The van der Waals surface area contributed by atoms with E-state index in [1.165, 1.54) is 4.90 Å². The summed E-state index contributed by atoms with van der Waals surface area (Å²) in [6.45, 7) is 2.30. The quantitative estimate of drug-likeness (QED) is 0.773. The minimum Gasteiger partial charge on any atom is -0.480 e. The average Bonchev–Trinajstić information content (AvgIpc) is 2.79. The Morgan fingerprint density at radius 1 is 1.32 bits per heavy atom. The summed E-state index contributed by atoms with van der Waals surface area (Å²) in [5.74, 6) is 3.88. The Morgan fingerprint density at radius 3 is 2.63 bits per heavy atom. The molecule has 1 N–H and O–H groups in total. The number of benzene rings is 1. The second-order valence-corrected chi connectivity index (χ2v) is 4.66. The van der Waals surface area contributed by atoms with Gasteiger partial charge in [0.1, 0.15) is 6.04 Å². The van der Waals surface area contributed by atoms with E-state index in [1.807, 2.05) is 37.3 Å². The van der Waals surface area contributed by atoms with E-state index in [-0.39, 0.29) is 5.92 Å². The van der Waals surface area contributed by atoms with Gasteiger partial charge in [-0.2, -0.15) is 0 Å². The van der Waals surface area contributed by atoms with Crippen LogP contribution in [0.3, 0.4) is 0 Å². The highest BCUT2D eigenvalue weighted by atomic mass is 16.4. The zero-order valence-electron chi connectivity index (χ0n) is 10.7. The van der Waals surface area contributed by atoms with Crippen molar-refractivity contribution in [3.63, 3.8) is 0 Å². The summed E-state index contributed by atoms with van der Waals surface area (Å²) in [6.07, 6.45) is 0.704. The van der Waals surface area contributed by atoms with Crippen LogP contribution >= 0.6 is 0 Å². The summed E-state index contributed by atoms with van der Waals surface area (Å²) in [5.41, 5.74) is 0.745. The van der Waals surface area contributed by atoms with Gasteiger partial charge in [0, 0.05) is 18.0 Å². The van der Waals surface area contributed by atoms with E-state index in [4.69, 9.17) is 5.11 Å². The molecule has 0 bridgehead atoms. The molecule has 0 spiro atoms. The molecule has 4 heteroatoms. The molecule has 1 amide bonds. The number of hydrogen-bond acceptors (Lipinski definition) is 2. The Balaban J connectivity index is 2.13. The molecule has 19 heavy (non-hydrogen) atoms. The van der Waals surface area contributed by atoms with Gasteiger partial charge in [0.15, 0.2) is 0 Å². The van der Waals surface area contributed by atoms with Gasteiger partial charge in [0.25, 0.3) is 5.91 Å². The number of carbonyl (C=O) groups excluding carboxylic acids is 1. The number of nitrogens with zero attached hydrogens (tertiary/aromatic N) is 1. The van der Waals surface area contributed by atoms with Gasteiger partial charge in [-0.05, 0) is 24.5 Å². The van der Waals surface area contributed by atoms with Crippen LogP contribution in [-0.2, 0) is 9.59 Å². The number of hydrogen-bond donors (Lipinski definition) is 1. The van der Waals surface area contributed by atoms with E-state index >= 15 is 0 Å². The molecule has 4 nitrogen and oxygen atoms in total. The Kier molecular flexibility index (Phi) is 3.86. The van der Waals surface area contributed by atoms with Crippen LogP contribution < -0.4 is 0 Å². The Hall–Kier alpha value is -2.28. The molecule has 2 atom stereocenters. The predicted octanol–water partition coefficient (Wildman–Crippen LogP) is 1.36. The molecule has 0 aromatic heterocycles. The van der Waals surface area contributed by atoms with Crippen molar-refractivity contribution in [1.82, 2.24) is 4.90 Å². The van der Waals surface area contributed by atoms with Crippen molar-refractivity contribution in [2.75, 3.05) is 6.54 Å². The highest BCUT2D eigenvalue weighted by Gasteiger charge is 2.38. The maximum Gasteiger partial charge on any atom is 0.326 e. The topological polar surface area (TPSA) is 57.6 Å². The van der Waals surface area contributed by atoms with E-state index in [0.717, 1.165) is 5.56 Å². The first kappa shape index (κ1) is 13.2. The SMILES string of the molecule is CC1CCN(C(=O)C#Cc2ccccc2)C1C(=O)O. The van der Waals surface area contributed by atoms with Gasteiger partial charge in [-0.25, -0.2) is 4.79 Å². The van der Waals surface area contributed by atoms with Crippen LogP contribution in [0.15, 0.2) is 30.3 Å². The smallest absolute Gasteiger partial charge is 0.326 e. The van der Waals surface area contributed by atoms with E-state index in [1.54, 1.807) is 0 Å². The first-order chi connectivity index (χ1) is 9.09. The predicted molar refractivity (Wildman–Crippen MR) is 70.2 cm³/mol. The third kappa shape index (κ3) is 2.94. The number of carbonyl (C=O) groups is 2. The molecule has 1 aromatic rings. The molecule has 1 fully saturated rings. The summed E-state index contributed by atoms with van der Waals surface area (Å²) >= 11 is 0. The van der Waals surface area contributed by atoms with E-state index in [0.29, 0.717) is 13.0 Å². The maximum atomic E-state index is 12.0. The molecule has 1 aliphatic rings. The number of likely N-dealkylation sites (tertiary alicyclic amines) is 1. The lowest BCUT2D eigenvalue weighted by atomic mass is 10.0. The fourth-order valence-corrected chi connectivity index (χ4v) is 2.27. The Bertz CT molecular complexity index is 542. The molecule has 2 unspecified atom stereocenters. The highest BCUT2D eigenvalue weighted by Crippen LogP contribution is 2.23.